The molecule has 5 nitrogen and oxygen atoms in total. The summed E-state index contributed by atoms with van der Waals surface area (Å²) in [5.41, 5.74) is 0. The molecule has 0 saturated carbocycles. The number of hydrogen-bond donors (Lipinski definition) is 2. The van der Waals surface area contributed by atoms with Gasteiger partial charge in [-0.1, -0.05) is 0 Å². The van der Waals surface area contributed by atoms with Crippen LogP contribution in [-0.4, -0.2) is 27.4 Å². The van der Waals surface area contributed by atoms with Crippen molar-refractivity contribution >= 4 is 25.3 Å². The molecule has 0 aromatic heterocycles. The smallest absolute Gasteiger partial charge is 0.361 e. The first-order valence-corrected chi connectivity index (χ1v) is 3.82. The highest BCUT2D eigenvalue weighted by Crippen LogP contribution is 2.27. The minimum Gasteiger partial charge on any atom is -0.478 e. The van der Waals surface area contributed by atoms with Gasteiger partial charge in [0, 0.05) is 0 Å². The summed E-state index contributed by atoms with van der Waals surface area (Å²) >= 11 is 4.88. The van der Waals surface area contributed by atoms with Gasteiger partial charge in [0.05, 0.1) is 5.88 Å². The van der Waals surface area contributed by atoms with Crippen molar-refractivity contribution in [3.8, 4) is 0 Å². The largest absolute Gasteiger partial charge is 0.478 e. The summed E-state index contributed by atoms with van der Waals surface area (Å²) in [5.74, 6) is -2.74. The standard InChI is InChI=1S/C3H4ClO5P/c4-1-3(7,2(5)6)10(8)9/h7H,1H2,(H,5,6). The number of carboxylic acids is 1. The lowest BCUT2D eigenvalue weighted by Gasteiger charge is -2.08. The number of carbonyl (C=O) groups is 1. The van der Waals surface area contributed by atoms with Crippen molar-refractivity contribution in [2.75, 3.05) is 5.88 Å². The minimum absolute atomic E-state index is 0.874. The van der Waals surface area contributed by atoms with Gasteiger partial charge in [0.25, 0.3) is 5.34 Å². The van der Waals surface area contributed by atoms with Crippen molar-refractivity contribution < 1.29 is 24.1 Å². The molecule has 0 radical (unpaired) electrons. The van der Waals surface area contributed by atoms with Gasteiger partial charge in [-0.25, -0.2) is 13.9 Å². The molecular weight excluding hydrogens is 182 g/mol. The molecule has 0 aromatic carbocycles. The lowest BCUT2D eigenvalue weighted by molar-refractivity contribution is -0.148. The molecule has 0 fully saturated rings. The Bertz CT molecular complexity index is 203. The molecule has 10 heavy (non-hydrogen) atoms. The second-order valence-electron chi connectivity index (χ2n) is 1.51. The van der Waals surface area contributed by atoms with Gasteiger partial charge in [-0.15, -0.1) is 11.6 Å². The van der Waals surface area contributed by atoms with Gasteiger partial charge in [-0.05, 0) is 0 Å². The molecule has 0 aromatic rings. The van der Waals surface area contributed by atoms with Crippen LogP contribution in [0.25, 0.3) is 0 Å². The fourth-order valence-corrected chi connectivity index (χ4v) is 0.845. The van der Waals surface area contributed by atoms with Crippen LogP contribution in [-0.2, 0) is 13.9 Å². The van der Waals surface area contributed by atoms with Crippen molar-refractivity contribution in [1.29, 1.82) is 0 Å². The molecule has 1 atom stereocenters. The molecule has 0 amide bonds. The summed E-state index contributed by atoms with van der Waals surface area (Å²) in [6, 6.07) is 0. The maximum absolute atomic E-state index is 10.0. The lowest BCUT2D eigenvalue weighted by Crippen LogP contribution is -2.34. The topological polar surface area (TPSA) is 91.7 Å². The van der Waals surface area contributed by atoms with Crippen LogP contribution >= 0.6 is 19.3 Å². The highest BCUT2D eigenvalue weighted by molar-refractivity contribution is 7.34. The molecule has 2 N–H and O–H groups in total. The first-order valence-electron chi connectivity index (χ1n) is 2.11. The summed E-state index contributed by atoms with van der Waals surface area (Å²) in [4.78, 5) is 9.98. The predicted molar refractivity (Wildman–Crippen MR) is 31.6 cm³/mol. The second kappa shape index (κ2) is 3.14. The van der Waals surface area contributed by atoms with Crippen molar-refractivity contribution in [2.24, 2.45) is 0 Å². The lowest BCUT2D eigenvalue weighted by atomic mass is 10.4. The zero-order valence-corrected chi connectivity index (χ0v) is 6.30. The van der Waals surface area contributed by atoms with E-state index in [0.29, 0.717) is 0 Å². The van der Waals surface area contributed by atoms with Crippen molar-refractivity contribution in [2.45, 2.75) is 5.34 Å². The highest BCUT2D eigenvalue weighted by atomic mass is 35.5. The Balaban J connectivity index is 4.73. The number of halogens is 1. The Morgan fingerprint density at radius 2 is 2.00 bits per heavy atom. The van der Waals surface area contributed by atoms with Gasteiger partial charge in [0.1, 0.15) is 0 Å². The van der Waals surface area contributed by atoms with E-state index in [0.717, 1.165) is 0 Å². The summed E-state index contributed by atoms with van der Waals surface area (Å²) in [7, 11) is -3.46. The molecule has 0 spiro atoms. The fourth-order valence-electron chi connectivity index (χ4n) is 0.184. The molecule has 0 saturated heterocycles. The number of rotatable bonds is 3. The van der Waals surface area contributed by atoms with E-state index in [2.05, 4.69) is 0 Å². The van der Waals surface area contributed by atoms with E-state index in [1.165, 1.54) is 0 Å². The van der Waals surface area contributed by atoms with Crippen molar-refractivity contribution in [1.82, 2.24) is 0 Å². The molecular formula is C3H4ClO5P. The van der Waals surface area contributed by atoms with E-state index < -0.39 is 24.9 Å². The summed E-state index contributed by atoms with van der Waals surface area (Å²) in [5, 5.41) is 13.9. The van der Waals surface area contributed by atoms with Crippen LogP contribution in [0.5, 0.6) is 0 Å². The van der Waals surface area contributed by atoms with Gasteiger partial charge in [0.15, 0.2) is 0 Å². The zero-order valence-electron chi connectivity index (χ0n) is 4.65. The van der Waals surface area contributed by atoms with Crippen molar-refractivity contribution in [3.63, 3.8) is 0 Å². The molecule has 58 valence electrons. The Labute approximate surface area is 61.4 Å². The average Bonchev–Trinajstić information content (AvgIpc) is 1.85. The third kappa shape index (κ3) is 1.56. The van der Waals surface area contributed by atoms with Gasteiger partial charge in [0.2, 0.25) is 0 Å². The number of hydrogen-bond acceptors (Lipinski definition) is 4. The molecule has 0 aliphatic carbocycles. The van der Waals surface area contributed by atoms with E-state index in [9.17, 15) is 13.9 Å². The van der Waals surface area contributed by atoms with E-state index in [4.69, 9.17) is 21.8 Å². The average molecular weight is 186 g/mol. The quantitative estimate of drug-likeness (QED) is 0.484. The monoisotopic (exact) mass is 186 g/mol. The van der Waals surface area contributed by atoms with Crippen LogP contribution in [0.2, 0.25) is 0 Å². The maximum atomic E-state index is 10.0. The molecule has 0 aliphatic heterocycles. The van der Waals surface area contributed by atoms with Gasteiger partial charge >= 0.3 is 13.6 Å². The molecule has 7 heteroatoms. The summed E-state index contributed by atoms with van der Waals surface area (Å²) in [6.45, 7) is 0. The second-order valence-corrected chi connectivity index (χ2v) is 3.03. The molecule has 0 aliphatic rings. The van der Waals surface area contributed by atoms with Crippen LogP contribution in [0.1, 0.15) is 0 Å². The van der Waals surface area contributed by atoms with Crippen molar-refractivity contribution in [3.05, 3.63) is 0 Å². The normalized spacial score (nSPS) is 15.8. The van der Waals surface area contributed by atoms with E-state index in [1.54, 1.807) is 0 Å². The van der Waals surface area contributed by atoms with Gasteiger partial charge in [-0.2, -0.15) is 0 Å². The van der Waals surface area contributed by atoms with Crippen LogP contribution in [0.3, 0.4) is 0 Å². The first-order chi connectivity index (χ1) is 4.45. The Morgan fingerprint density at radius 3 is 2.00 bits per heavy atom. The van der Waals surface area contributed by atoms with Crippen LogP contribution in [0.15, 0.2) is 0 Å². The van der Waals surface area contributed by atoms with Crippen LogP contribution in [0, 0.1) is 0 Å². The minimum atomic E-state index is -3.46. The van der Waals surface area contributed by atoms with E-state index >= 15 is 0 Å². The Hall–Kier alpha value is -0.380. The third-order valence-corrected chi connectivity index (χ3v) is 2.36. The summed E-state index contributed by atoms with van der Waals surface area (Å²) < 4.78 is 20.0. The predicted octanol–water partition coefficient (Wildman–Crippen LogP) is 0.171. The third-order valence-electron chi connectivity index (χ3n) is 0.831. The number of alkyl halides is 1. The molecule has 1 unspecified atom stereocenters. The number of aliphatic hydroxyl groups is 1. The van der Waals surface area contributed by atoms with Crippen LogP contribution < -0.4 is 0 Å². The van der Waals surface area contributed by atoms with E-state index in [-0.39, 0.29) is 0 Å². The maximum Gasteiger partial charge on any atom is 0.361 e. The Morgan fingerprint density at radius 1 is 1.60 bits per heavy atom. The number of carboxylic acid groups (broad SMARTS) is 1. The van der Waals surface area contributed by atoms with E-state index in [1.807, 2.05) is 0 Å². The van der Waals surface area contributed by atoms with Gasteiger partial charge < -0.3 is 10.2 Å². The number of aliphatic carboxylic acids is 1. The van der Waals surface area contributed by atoms with Crippen LogP contribution in [0.4, 0.5) is 0 Å². The fraction of sp³-hybridized carbons (Fsp3) is 0.667. The highest BCUT2D eigenvalue weighted by Gasteiger charge is 2.42. The summed E-state index contributed by atoms with van der Waals surface area (Å²) in [6.07, 6.45) is 0. The zero-order chi connectivity index (χ0) is 8.36. The SMILES string of the molecule is O=C(O)C(O)(CCl)P(=O)=O. The molecule has 0 heterocycles. The van der Waals surface area contributed by atoms with Gasteiger partial charge in [-0.3, -0.25) is 0 Å². The molecule has 0 bridgehead atoms. The first kappa shape index (κ1) is 9.62. The Kier molecular flexibility index (Phi) is 3.02. The molecule has 0 rings (SSSR count).